The zero-order valence-electron chi connectivity index (χ0n) is 21.5. The van der Waals surface area contributed by atoms with Crippen molar-refractivity contribution in [3.8, 4) is 0 Å². The van der Waals surface area contributed by atoms with Crippen molar-refractivity contribution in [2.45, 2.75) is 115 Å². The Kier molecular flexibility index (Phi) is 8.04. The van der Waals surface area contributed by atoms with E-state index in [1.807, 2.05) is 0 Å². The lowest BCUT2D eigenvalue weighted by atomic mass is 9.71. The molecular weight excluding hydrogens is 406 g/mol. The summed E-state index contributed by atoms with van der Waals surface area (Å²) in [5.74, 6) is 1.24. The van der Waals surface area contributed by atoms with Gasteiger partial charge in [0.2, 0.25) is 5.91 Å². The topological polar surface area (TPSA) is 44.4 Å². The third-order valence-electron chi connectivity index (χ3n) is 8.96. The summed E-state index contributed by atoms with van der Waals surface area (Å²) in [5, 5.41) is 7.12. The molecule has 184 valence electrons. The first-order valence-electron chi connectivity index (χ1n) is 13.6. The van der Waals surface area contributed by atoms with E-state index in [9.17, 15) is 4.79 Å². The second kappa shape index (κ2) is 10.8. The van der Waals surface area contributed by atoms with Gasteiger partial charge in [-0.3, -0.25) is 4.79 Å². The van der Waals surface area contributed by atoms with Gasteiger partial charge in [-0.2, -0.15) is 0 Å². The minimum absolute atomic E-state index is 0.201. The quantitative estimate of drug-likeness (QED) is 0.529. The van der Waals surface area contributed by atoms with Gasteiger partial charge < -0.3 is 15.5 Å². The molecule has 4 heteroatoms. The summed E-state index contributed by atoms with van der Waals surface area (Å²) in [6, 6.07) is 10.8. The molecule has 3 saturated carbocycles. The lowest BCUT2D eigenvalue weighted by Crippen LogP contribution is -2.44. The molecule has 3 aliphatic carbocycles. The Morgan fingerprint density at radius 3 is 1.97 bits per heavy atom. The zero-order chi connectivity index (χ0) is 23.4. The molecule has 1 aromatic rings. The summed E-state index contributed by atoms with van der Waals surface area (Å²) < 4.78 is 0. The molecule has 0 spiro atoms. The molecule has 3 fully saturated rings. The van der Waals surface area contributed by atoms with Crippen LogP contribution in [0.15, 0.2) is 24.3 Å². The number of amides is 1. The maximum atomic E-state index is 12.8. The van der Waals surface area contributed by atoms with Crippen molar-refractivity contribution in [2.24, 2.45) is 11.3 Å². The van der Waals surface area contributed by atoms with Gasteiger partial charge in [-0.25, -0.2) is 0 Å². The number of anilines is 1. The molecule has 0 atom stereocenters. The minimum Gasteiger partial charge on any atom is -0.382 e. The van der Waals surface area contributed by atoms with Crippen molar-refractivity contribution in [3.63, 3.8) is 0 Å². The van der Waals surface area contributed by atoms with Gasteiger partial charge in [0.1, 0.15) is 0 Å². The van der Waals surface area contributed by atoms with Gasteiger partial charge in [-0.05, 0) is 120 Å². The van der Waals surface area contributed by atoms with Crippen molar-refractivity contribution in [1.29, 1.82) is 0 Å². The molecule has 3 aliphatic rings. The number of nitrogens with one attached hydrogen (secondary N) is 2. The van der Waals surface area contributed by atoms with E-state index in [1.54, 1.807) is 0 Å². The molecule has 4 nitrogen and oxygen atoms in total. The fourth-order valence-electron chi connectivity index (χ4n) is 6.38. The molecule has 0 aliphatic heterocycles. The molecule has 0 unspecified atom stereocenters. The standard InChI is InChI=1S/C29H47N3O/c1-29(2)19-17-22(18-20-29)21-5-9-24(10-6-21)30-25-11-7-23(8-12-25)28(33)31-26-13-15-27(16-14-26)32(3)4/h5-6,9-10,22-23,25-27,30H,7-8,11-20H2,1-4H3,(H,31,33). The highest BCUT2D eigenvalue weighted by Gasteiger charge is 2.30. The normalized spacial score (nSPS) is 30.7. The Balaban J connectivity index is 1.18. The third kappa shape index (κ3) is 6.74. The average molecular weight is 454 g/mol. The van der Waals surface area contributed by atoms with E-state index in [1.165, 1.54) is 49.8 Å². The summed E-state index contributed by atoms with van der Waals surface area (Å²) in [5.41, 5.74) is 3.27. The van der Waals surface area contributed by atoms with Gasteiger partial charge in [0.25, 0.3) is 0 Å². The zero-order valence-corrected chi connectivity index (χ0v) is 21.5. The molecule has 2 N–H and O–H groups in total. The molecule has 0 heterocycles. The Labute approximate surface area is 202 Å². The predicted molar refractivity (Wildman–Crippen MR) is 139 cm³/mol. The van der Waals surface area contributed by atoms with Gasteiger partial charge in [0, 0.05) is 29.7 Å². The number of rotatable bonds is 6. The molecular formula is C29H47N3O. The SMILES string of the molecule is CN(C)C1CCC(NC(=O)C2CCC(Nc3ccc(C4CCC(C)(C)CC4)cc3)CC2)CC1. The summed E-state index contributed by atoms with van der Waals surface area (Å²) in [7, 11) is 4.34. The van der Waals surface area contributed by atoms with Crippen molar-refractivity contribution in [1.82, 2.24) is 10.2 Å². The first-order valence-corrected chi connectivity index (χ1v) is 13.6. The summed E-state index contributed by atoms with van der Waals surface area (Å²) >= 11 is 0. The van der Waals surface area contributed by atoms with E-state index >= 15 is 0 Å². The number of benzene rings is 1. The number of hydrogen-bond acceptors (Lipinski definition) is 3. The molecule has 4 rings (SSSR count). The minimum atomic E-state index is 0.201. The van der Waals surface area contributed by atoms with Crippen molar-refractivity contribution in [2.75, 3.05) is 19.4 Å². The highest BCUT2D eigenvalue weighted by atomic mass is 16.1. The number of hydrogen-bond donors (Lipinski definition) is 2. The van der Waals surface area contributed by atoms with Crippen LogP contribution in [0.5, 0.6) is 0 Å². The molecule has 0 saturated heterocycles. The predicted octanol–water partition coefficient (Wildman–Crippen LogP) is 6.33. The van der Waals surface area contributed by atoms with Crippen LogP contribution >= 0.6 is 0 Å². The highest BCUT2D eigenvalue weighted by molar-refractivity contribution is 5.79. The largest absolute Gasteiger partial charge is 0.382 e. The fourth-order valence-corrected chi connectivity index (χ4v) is 6.38. The van der Waals surface area contributed by atoms with Gasteiger partial charge >= 0.3 is 0 Å². The maximum absolute atomic E-state index is 12.8. The number of nitrogens with zero attached hydrogens (tertiary/aromatic N) is 1. The van der Waals surface area contributed by atoms with Crippen LogP contribution in [0.25, 0.3) is 0 Å². The second-order valence-electron chi connectivity index (χ2n) is 12.2. The van der Waals surface area contributed by atoms with Crippen LogP contribution in [0.4, 0.5) is 5.69 Å². The van der Waals surface area contributed by atoms with Crippen LogP contribution < -0.4 is 10.6 Å². The monoisotopic (exact) mass is 453 g/mol. The first-order chi connectivity index (χ1) is 15.8. The Bertz CT molecular complexity index is 746. The van der Waals surface area contributed by atoms with Crippen molar-refractivity contribution >= 4 is 11.6 Å². The van der Waals surface area contributed by atoms with Gasteiger partial charge in [-0.15, -0.1) is 0 Å². The van der Waals surface area contributed by atoms with E-state index in [4.69, 9.17) is 0 Å². The van der Waals surface area contributed by atoms with Crippen LogP contribution in [0.2, 0.25) is 0 Å². The highest BCUT2D eigenvalue weighted by Crippen LogP contribution is 2.42. The van der Waals surface area contributed by atoms with Crippen LogP contribution in [-0.4, -0.2) is 43.0 Å². The molecule has 0 aromatic heterocycles. The molecule has 0 bridgehead atoms. The van der Waals surface area contributed by atoms with Gasteiger partial charge in [0.05, 0.1) is 0 Å². The Morgan fingerprint density at radius 1 is 0.818 bits per heavy atom. The van der Waals surface area contributed by atoms with Crippen LogP contribution in [-0.2, 0) is 4.79 Å². The smallest absolute Gasteiger partial charge is 0.223 e. The summed E-state index contributed by atoms with van der Waals surface area (Å²) in [6.45, 7) is 4.82. The second-order valence-corrected chi connectivity index (χ2v) is 12.2. The van der Waals surface area contributed by atoms with Gasteiger partial charge in [0.15, 0.2) is 0 Å². The Hall–Kier alpha value is -1.55. The lowest BCUT2D eigenvalue weighted by molar-refractivity contribution is -0.127. The summed E-state index contributed by atoms with van der Waals surface area (Å²) in [6.07, 6.45) is 14.2. The van der Waals surface area contributed by atoms with Crippen LogP contribution in [0.3, 0.4) is 0 Å². The average Bonchev–Trinajstić information content (AvgIpc) is 2.80. The van der Waals surface area contributed by atoms with Crippen molar-refractivity contribution < 1.29 is 4.79 Å². The molecule has 1 amide bonds. The molecule has 33 heavy (non-hydrogen) atoms. The van der Waals surface area contributed by atoms with E-state index in [0.29, 0.717) is 29.4 Å². The number of carbonyl (C=O) groups excluding carboxylic acids is 1. The number of carbonyl (C=O) groups is 1. The maximum Gasteiger partial charge on any atom is 0.223 e. The third-order valence-corrected chi connectivity index (χ3v) is 8.96. The van der Waals surface area contributed by atoms with Crippen LogP contribution in [0, 0.1) is 11.3 Å². The van der Waals surface area contributed by atoms with E-state index < -0.39 is 0 Å². The molecule has 0 radical (unpaired) electrons. The van der Waals surface area contributed by atoms with Crippen molar-refractivity contribution in [3.05, 3.63) is 29.8 Å². The van der Waals surface area contributed by atoms with E-state index in [-0.39, 0.29) is 5.92 Å². The first kappa shape index (κ1) is 24.6. The lowest BCUT2D eigenvalue weighted by Gasteiger charge is -2.35. The Morgan fingerprint density at radius 2 is 1.39 bits per heavy atom. The van der Waals surface area contributed by atoms with Gasteiger partial charge in [-0.1, -0.05) is 26.0 Å². The fraction of sp³-hybridized carbons (Fsp3) is 0.759. The summed E-state index contributed by atoms with van der Waals surface area (Å²) in [4.78, 5) is 15.2. The molecule has 1 aromatic carbocycles. The van der Waals surface area contributed by atoms with Crippen LogP contribution in [0.1, 0.15) is 102 Å². The van der Waals surface area contributed by atoms with E-state index in [2.05, 4.69) is 67.7 Å². The van der Waals surface area contributed by atoms with E-state index in [0.717, 1.165) is 44.4 Å².